The molecule has 2 rings (SSSR count). The van der Waals surface area contributed by atoms with E-state index in [4.69, 9.17) is 0 Å². The molecule has 0 radical (unpaired) electrons. The molecule has 2 aliphatic rings. The van der Waals surface area contributed by atoms with Crippen LogP contribution in [0.5, 0.6) is 0 Å². The number of rotatable bonds is 4. The minimum Gasteiger partial charge on any atom is -0.317 e. The smallest absolute Gasteiger partial charge is 0.0163 e. The summed E-state index contributed by atoms with van der Waals surface area (Å²) in [5.41, 5.74) is 0.670. The molecule has 0 aromatic heterocycles. The van der Waals surface area contributed by atoms with Crippen LogP contribution in [-0.2, 0) is 0 Å². The number of allylic oxidation sites excluding steroid dienone is 1. The maximum atomic E-state index is 3.48. The van der Waals surface area contributed by atoms with Crippen molar-refractivity contribution < 1.29 is 0 Å². The molecule has 92 valence electrons. The first-order valence-electron chi connectivity index (χ1n) is 6.93. The topological polar surface area (TPSA) is 15.3 Å². The highest BCUT2D eigenvalue weighted by Crippen LogP contribution is 2.38. The van der Waals surface area contributed by atoms with E-state index >= 15 is 0 Å². The normalized spacial score (nSPS) is 25.8. The lowest BCUT2D eigenvalue weighted by Crippen LogP contribution is -2.38. The quantitative estimate of drug-likeness (QED) is 0.735. The van der Waals surface area contributed by atoms with E-state index in [-0.39, 0.29) is 0 Å². The highest BCUT2D eigenvalue weighted by Gasteiger charge is 2.38. The lowest BCUT2D eigenvalue weighted by molar-refractivity contribution is 0.202. The molecule has 0 aromatic carbocycles. The SMILES string of the molecule is CCCC=CCN1CCC2(CCNCC2)C1. The van der Waals surface area contributed by atoms with Crippen LogP contribution in [0.3, 0.4) is 0 Å². The first-order valence-corrected chi connectivity index (χ1v) is 6.93. The van der Waals surface area contributed by atoms with E-state index in [1.54, 1.807) is 0 Å². The molecule has 2 saturated heterocycles. The van der Waals surface area contributed by atoms with Gasteiger partial charge in [0.25, 0.3) is 0 Å². The van der Waals surface area contributed by atoms with Gasteiger partial charge in [0.05, 0.1) is 0 Å². The zero-order valence-electron chi connectivity index (χ0n) is 10.7. The van der Waals surface area contributed by atoms with E-state index in [2.05, 4.69) is 29.3 Å². The Hall–Kier alpha value is -0.340. The van der Waals surface area contributed by atoms with Gasteiger partial charge in [-0.3, -0.25) is 4.90 Å². The Labute approximate surface area is 100 Å². The molecule has 1 spiro atoms. The lowest BCUT2D eigenvalue weighted by atomic mass is 9.78. The molecule has 0 bridgehead atoms. The maximum absolute atomic E-state index is 3.48. The molecule has 2 nitrogen and oxygen atoms in total. The summed E-state index contributed by atoms with van der Waals surface area (Å²) in [6.45, 7) is 8.54. The average Bonchev–Trinajstić information content (AvgIpc) is 2.69. The molecule has 0 saturated carbocycles. The minimum absolute atomic E-state index is 0.670. The highest BCUT2D eigenvalue weighted by molar-refractivity contribution is 4.95. The molecular weight excluding hydrogens is 196 g/mol. The fraction of sp³-hybridized carbons (Fsp3) is 0.857. The highest BCUT2D eigenvalue weighted by atomic mass is 15.2. The number of hydrogen-bond donors (Lipinski definition) is 1. The van der Waals surface area contributed by atoms with E-state index in [0.717, 1.165) is 0 Å². The van der Waals surface area contributed by atoms with Crippen molar-refractivity contribution in [3.8, 4) is 0 Å². The van der Waals surface area contributed by atoms with Gasteiger partial charge < -0.3 is 5.32 Å². The van der Waals surface area contributed by atoms with E-state index in [1.807, 2.05) is 0 Å². The summed E-state index contributed by atoms with van der Waals surface area (Å²) in [6.07, 6.45) is 11.4. The van der Waals surface area contributed by atoms with Crippen LogP contribution in [0.4, 0.5) is 0 Å². The second kappa shape index (κ2) is 5.83. The van der Waals surface area contributed by atoms with E-state index in [9.17, 15) is 0 Å². The van der Waals surface area contributed by atoms with Crippen LogP contribution < -0.4 is 5.32 Å². The molecule has 0 amide bonds. The third kappa shape index (κ3) is 3.08. The fourth-order valence-electron chi connectivity index (χ4n) is 3.06. The fourth-order valence-corrected chi connectivity index (χ4v) is 3.06. The third-order valence-corrected chi connectivity index (χ3v) is 4.17. The van der Waals surface area contributed by atoms with Crippen molar-refractivity contribution in [1.82, 2.24) is 10.2 Å². The van der Waals surface area contributed by atoms with Gasteiger partial charge >= 0.3 is 0 Å². The number of likely N-dealkylation sites (tertiary alicyclic amines) is 1. The zero-order chi connectivity index (χ0) is 11.3. The van der Waals surface area contributed by atoms with Crippen molar-refractivity contribution in [2.45, 2.75) is 39.0 Å². The Balaban J connectivity index is 1.74. The van der Waals surface area contributed by atoms with E-state index in [1.165, 1.54) is 64.8 Å². The van der Waals surface area contributed by atoms with Gasteiger partial charge in [0.2, 0.25) is 0 Å². The Morgan fingerprint density at radius 1 is 1.19 bits per heavy atom. The second-order valence-electron chi connectivity index (χ2n) is 5.50. The molecule has 0 aliphatic carbocycles. The molecular formula is C14H26N2. The van der Waals surface area contributed by atoms with Crippen molar-refractivity contribution in [2.75, 3.05) is 32.7 Å². The minimum atomic E-state index is 0.670. The van der Waals surface area contributed by atoms with Gasteiger partial charge in [0.15, 0.2) is 0 Å². The molecule has 2 heterocycles. The summed E-state index contributed by atoms with van der Waals surface area (Å²) in [7, 11) is 0. The molecule has 0 unspecified atom stereocenters. The lowest BCUT2D eigenvalue weighted by Gasteiger charge is -2.33. The molecule has 0 atom stereocenters. The first kappa shape index (κ1) is 12.1. The van der Waals surface area contributed by atoms with E-state index < -0.39 is 0 Å². The Morgan fingerprint density at radius 3 is 2.75 bits per heavy atom. The largest absolute Gasteiger partial charge is 0.317 e. The van der Waals surface area contributed by atoms with Crippen molar-refractivity contribution in [1.29, 1.82) is 0 Å². The van der Waals surface area contributed by atoms with Crippen LogP contribution in [0.1, 0.15) is 39.0 Å². The summed E-state index contributed by atoms with van der Waals surface area (Å²) in [5, 5.41) is 3.48. The van der Waals surface area contributed by atoms with Crippen molar-refractivity contribution in [2.24, 2.45) is 5.41 Å². The number of nitrogens with one attached hydrogen (secondary N) is 1. The Bertz CT molecular complexity index is 229. The van der Waals surface area contributed by atoms with Crippen LogP contribution >= 0.6 is 0 Å². The number of unbranched alkanes of at least 4 members (excludes halogenated alkanes) is 1. The van der Waals surface area contributed by atoms with E-state index in [0.29, 0.717) is 5.41 Å². The molecule has 2 fully saturated rings. The van der Waals surface area contributed by atoms with Gasteiger partial charge in [-0.1, -0.05) is 25.5 Å². The zero-order valence-corrected chi connectivity index (χ0v) is 10.7. The summed E-state index contributed by atoms with van der Waals surface area (Å²) >= 11 is 0. The van der Waals surface area contributed by atoms with Crippen LogP contribution in [-0.4, -0.2) is 37.6 Å². The molecule has 1 N–H and O–H groups in total. The van der Waals surface area contributed by atoms with Crippen LogP contribution in [0.25, 0.3) is 0 Å². The number of hydrogen-bond acceptors (Lipinski definition) is 2. The predicted molar refractivity (Wildman–Crippen MR) is 69.6 cm³/mol. The number of piperidine rings is 1. The van der Waals surface area contributed by atoms with Gasteiger partial charge in [-0.05, 0) is 50.7 Å². The van der Waals surface area contributed by atoms with Crippen molar-refractivity contribution in [3.05, 3.63) is 12.2 Å². The standard InChI is InChI=1S/C14H26N2/c1-2-3-4-5-11-16-12-8-14(13-16)6-9-15-10-7-14/h4-5,15H,2-3,6-13H2,1H3. The molecule has 2 heteroatoms. The van der Waals surface area contributed by atoms with Crippen LogP contribution in [0.2, 0.25) is 0 Å². The average molecular weight is 222 g/mol. The summed E-state index contributed by atoms with van der Waals surface area (Å²) in [5.74, 6) is 0. The maximum Gasteiger partial charge on any atom is 0.0163 e. The van der Waals surface area contributed by atoms with Gasteiger partial charge in [-0.2, -0.15) is 0 Å². The van der Waals surface area contributed by atoms with Crippen molar-refractivity contribution in [3.63, 3.8) is 0 Å². The molecule has 16 heavy (non-hydrogen) atoms. The second-order valence-corrected chi connectivity index (χ2v) is 5.50. The Kier molecular flexibility index (Phi) is 4.42. The van der Waals surface area contributed by atoms with Gasteiger partial charge in [-0.15, -0.1) is 0 Å². The summed E-state index contributed by atoms with van der Waals surface area (Å²) in [4.78, 5) is 2.64. The van der Waals surface area contributed by atoms with Crippen LogP contribution in [0, 0.1) is 5.41 Å². The van der Waals surface area contributed by atoms with Crippen LogP contribution in [0.15, 0.2) is 12.2 Å². The summed E-state index contributed by atoms with van der Waals surface area (Å²) < 4.78 is 0. The number of nitrogens with zero attached hydrogens (tertiary/aromatic N) is 1. The Morgan fingerprint density at radius 2 is 2.00 bits per heavy atom. The summed E-state index contributed by atoms with van der Waals surface area (Å²) in [6, 6.07) is 0. The molecule has 0 aromatic rings. The van der Waals surface area contributed by atoms with Gasteiger partial charge in [0.1, 0.15) is 0 Å². The first-order chi connectivity index (χ1) is 7.85. The molecule has 2 aliphatic heterocycles. The monoisotopic (exact) mass is 222 g/mol. The predicted octanol–water partition coefficient (Wildman–Crippen LogP) is 2.42. The van der Waals surface area contributed by atoms with Gasteiger partial charge in [-0.25, -0.2) is 0 Å². The third-order valence-electron chi connectivity index (χ3n) is 4.17. The van der Waals surface area contributed by atoms with Crippen molar-refractivity contribution >= 4 is 0 Å². The van der Waals surface area contributed by atoms with Gasteiger partial charge in [0, 0.05) is 13.1 Å².